The van der Waals surface area contributed by atoms with E-state index in [2.05, 4.69) is 17.0 Å². The smallest absolute Gasteiger partial charge is 0.336 e. The van der Waals surface area contributed by atoms with Gasteiger partial charge >= 0.3 is 5.63 Å². The highest BCUT2D eigenvalue weighted by molar-refractivity contribution is 6.07. The van der Waals surface area contributed by atoms with E-state index in [1.165, 1.54) is 0 Å². The van der Waals surface area contributed by atoms with Crippen LogP contribution in [0.5, 0.6) is 0 Å². The largest absolute Gasteiger partial charge is 0.423 e. The molecule has 1 aliphatic heterocycles. The Balaban J connectivity index is 1.72. The Hall–Kier alpha value is -2.17. The molecule has 0 radical (unpaired) electrons. The van der Waals surface area contributed by atoms with E-state index < -0.39 is 0 Å². The van der Waals surface area contributed by atoms with E-state index in [-0.39, 0.29) is 11.7 Å². The van der Waals surface area contributed by atoms with Gasteiger partial charge in [-0.1, -0.05) is 30.3 Å². The van der Waals surface area contributed by atoms with Gasteiger partial charge < -0.3 is 9.52 Å². The van der Waals surface area contributed by atoms with Gasteiger partial charge in [0.15, 0.2) is 0 Å². The molecular formula is C21H23NO3. The molecule has 0 saturated carbocycles. The second-order valence-corrected chi connectivity index (χ2v) is 7.10. The zero-order valence-corrected chi connectivity index (χ0v) is 14.4. The third-order valence-corrected chi connectivity index (χ3v) is 5.42. The summed E-state index contributed by atoms with van der Waals surface area (Å²) in [5.41, 5.74) is 1.38. The predicted molar refractivity (Wildman–Crippen MR) is 99.7 cm³/mol. The number of fused-ring (bicyclic) bond motifs is 3. The molecule has 1 aromatic heterocycles. The molecule has 4 nitrogen and oxygen atoms in total. The van der Waals surface area contributed by atoms with Crippen molar-refractivity contribution in [3.8, 4) is 0 Å². The van der Waals surface area contributed by atoms with Gasteiger partial charge in [-0.15, -0.1) is 0 Å². The zero-order chi connectivity index (χ0) is 17.4. The van der Waals surface area contributed by atoms with Crippen molar-refractivity contribution in [1.29, 1.82) is 0 Å². The number of benzene rings is 2. The molecule has 2 aromatic carbocycles. The number of aliphatic hydroxyl groups is 1. The first-order chi connectivity index (χ1) is 12.1. The molecule has 1 aliphatic rings. The Bertz CT molecular complexity index is 952. The van der Waals surface area contributed by atoms with Crippen LogP contribution in [0.2, 0.25) is 0 Å². The monoisotopic (exact) mass is 337 g/mol. The number of hydrogen-bond acceptors (Lipinski definition) is 4. The maximum absolute atomic E-state index is 12.0. The van der Waals surface area contributed by atoms with E-state index >= 15 is 0 Å². The topological polar surface area (TPSA) is 53.7 Å². The van der Waals surface area contributed by atoms with Gasteiger partial charge in [0.1, 0.15) is 5.58 Å². The molecule has 130 valence electrons. The Morgan fingerprint density at radius 3 is 2.72 bits per heavy atom. The molecule has 0 spiro atoms. The highest BCUT2D eigenvalue weighted by Crippen LogP contribution is 2.29. The van der Waals surface area contributed by atoms with Crippen molar-refractivity contribution in [1.82, 2.24) is 4.90 Å². The molecule has 1 saturated heterocycles. The second kappa shape index (κ2) is 6.62. The van der Waals surface area contributed by atoms with Crippen molar-refractivity contribution in [3.63, 3.8) is 0 Å². The molecule has 4 rings (SSSR count). The Morgan fingerprint density at radius 1 is 1.20 bits per heavy atom. The summed E-state index contributed by atoms with van der Waals surface area (Å²) in [5.74, 6) is 0.384. The average molecular weight is 337 g/mol. The number of aliphatic hydroxyl groups excluding tert-OH is 1. The van der Waals surface area contributed by atoms with Crippen LogP contribution in [0.1, 0.15) is 25.3 Å². The fourth-order valence-corrected chi connectivity index (χ4v) is 3.98. The molecule has 25 heavy (non-hydrogen) atoms. The molecule has 3 aromatic rings. The highest BCUT2D eigenvalue weighted by atomic mass is 16.4. The van der Waals surface area contributed by atoms with E-state index in [9.17, 15) is 9.90 Å². The molecule has 0 aliphatic carbocycles. The normalized spacial score (nSPS) is 18.0. The molecule has 0 amide bonds. The van der Waals surface area contributed by atoms with Gasteiger partial charge in [0.05, 0.1) is 6.10 Å². The van der Waals surface area contributed by atoms with E-state index in [0.717, 1.165) is 54.2 Å². The summed E-state index contributed by atoms with van der Waals surface area (Å²) in [6.07, 6.45) is 1.76. The minimum atomic E-state index is -0.295. The minimum absolute atomic E-state index is 0.240. The van der Waals surface area contributed by atoms with Crippen molar-refractivity contribution >= 4 is 21.7 Å². The van der Waals surface area contributed by atoms with Crippen LogP contribution in [0.15, 0.2) is 51.7 Å². The van der Waals surface area contributed by atoms with Crippen LogP contribution >= 0.6 is 0 Å². The third-order valence-electron chi connectivity index (χ3n) is 5.42. The van der Waals surface area contributed by atoms with Gasteiger partial charge in [0.25, 0.3) is 0 Å². The summed E-state index contributed by atoms with van der Waals surface area (Å²) < 4.78 is 5.44. The van der Waals surface area contributed by atoms with E-state index in [0.29, 0.717) is 11.5 Å². The number of rotatable bonds is 3. The molecular weight excluding hydrogens is 314 g/mol. The SMILES string of the molecule is CC(O)C1CCN(Cc2cc(=O)oc3ccc4ccccc4c23)CC1. The van der Waals surface area contributed by atoms with Gasteiger partial charge in [-0.3, -0.25) is 4.90 Å². The number of hydrogen-bond donors (Lipinski definition) is 1. The number of likely N-dealkylation sites (tertiary alicyclic amines) is 1. The summed E-state index contributed by atoms with van der Waals surface area (Å²) in [7, 11) is 0. The zero-order valence-electron chi connectivity index (χ0n) is 14.4. The Labute approximate surface area is 146 Å². The summed E-state index contributed by atoms with van der Waals surface area (Å²) in [6, 6.07) is 13.7. The summed E-state index contributed by atoms with van der Waals surface area (Å²) in [6.45, 7) is 4.51. The molecule has 1 N–H and O–H groups in total. The van der Waals surface area contributed by atoms with Gasteiger partial charge in [-0.2, -0.15) is 0 Å². The maximum Gasteiger partial charge on any atom is 0.336 e. The average Bonchev–Trinajstić information content (AvgIpc) is 2.61. The first-order valence-electron chi connectivity index (χ1n) is 8.97. The fraction of sp³-hybridized carbons (Fsp3) is 0.381. The van der Waals surface area contributed by atoms with Gasteiger partial charge in [-0.05, 0) is 61.2 Å². The van der Waals surface area contributed by atoms with E-state index in [4.69, 9.17) is 4.42 Å². The fourth-order valence-electron chi connectivity index (χ4n) is 3.98. The van der Waals surface area contributed by atoms with Crippen molar-refractivity contribution in [2.75, 3.05) is 13.1 Å². The molecule has 1 atom stereocenters. The van der Waals surface area contributed by atoms with E-state index in [1.54, 1.807) is 6.07 Å². The van der Waals surface area contributed by atoms with Crippen molar-refractivity contribution in [2.45, 2.75) is 32.4 Å². The molecule has 1 unspecified atom stereocenters. The number of nitrogens with zero attached hydrogens (tertiary/aromatic N) is 1. The Morgan fingerprint density at radius 2 is 1.96 bits per heavy atom. The van der Waals surface area contributed by atoms with Crippen LogP contribution in [-0.2, 0) is 6.54 Å². The lowest BCUT2D eigenvalue weighted by Crippen LogP contribution is -2.36. The summed E-state index contributed by atoms with van der Waals surface area (Å²) in [5, 5.41) is 13.1. The lowest BCUT2D eigenvalue weighted by atomic mass is 9.92. The molecule has 2 heterocycles. The highest BCUT2D eigenvalue weighted by Gasteiger charge is 2.23. The molecule has 0 bridgehead atoms. The quantitative estimate of drug-likeness (QED) is 0.587. The minimum Gasteiger partial charge on any atom is -0.423 e. The third kappa shape index (κ3) is 3.20. The first kappa shape index (κ1) is 16.3. The van der Waals surface area contributed by atoms with Crippen molar-refractivity contribution in [3.05, 3.63) is 58.4 Å². The van der Waals surface area contributed by atoms with Gasteiger partial charge in [0, 0.05) is 18.0 Å². The van der Waals surface area contributed by atoms with Crippen LogP contribution in [0.25, 0.3) is 21.7 Å². The van der Waals surface area contributed by atoms with E-state index in [1.807, 2.05) is 31.2 Å². The summed E-state index contributed by atoms with van der Waals surface area (Å²) in [4.78, 5) is 14.4. The lowest BCUT2D eigenvalue weighted by Gasteiger charge is -2.33. The standard InChI is InChI=1S/C21H23NO3/c1-14(23)15-8-10-22(11-9-15)13-17-12-20(24)25-19-7-6-16-4-2-3-5-18(16)21(17)19/h2-7,12,14-15,23H,8-11,13H2,1H3. The van der Waals surface area contributed by atoms with Crippen molar-refractivity contribution < 1.29 is 9.52 Å². The second-order valence-electron chi connectivity index (χ2n) is 7.10. The maximum atomic E-state index is 12.0. The predicted octanol–water partition coefficient (Wildman–Crippen LogP) is 3.54. The van der Waals surface area contributed by atoms with Crippen LogP contribution < -0.4 is 5.63 Å². The molecule has 4 heteroatoms. The Kier molecular flexibility index (Phi) is 4.32. The lowest BCUT2D eigenvalue weighted by molar-refractivity contribution is 0.0696. The first-order valence-corrected chi connectivity index (χ1v) is 8.97. The van der Waals surface area contributed by atoms with Crippen LogP contribution in [-0.4, -0.2) is 29.2 Å². The van der Waals surface area contributed by atoms with Crippen molar-refractivity contribution in [2.24, 2.45) is 5.92 Å². The van der Waals surface area contributed by atoms with Gasteiger partial charge in [-0.25, -0.2) is 4.79 Å². The molecule has 1 fully saturated rings. The summed E-state index contributed by atoms with van der Waals surface area (Å²) >= 11 is 0. The van der Waals surface area contributed by atoms with Gasteiger partial charge in [0.2, 0.25) is 0 Å². The van der Waals surface area contributed by atoms with Crippen LogP contribution in [0, 0.1) is 5.92 Å². The number of piperidine rings is 1. The van der Waals surface area contributed by atoms with Crippen LogP contribution in [0.4, 0.5) is 0 Å². The van der Waals surface area contributed by atoms with Crippen LogP contribution in [0.3, 0.4) is 0 Å².